The zero-order valence-electron chi connectivity index (χ0n) is 20.0. The van der Waals surface area contributed by atoms with Gasteiger partial charge in [-0.2, -0.15) is 0 Å². The van der Waals surface area contributed by atoms with Gasteiger partial charge in [-0.15, -0.1) is 17.3 Å². The summed E-state index contributed by atoms with van der Waals surface area (Å²) in [5.74, 6) is 10.2. The highest BCUT2D eigenvalue weighted by molar-refractivity contribution is 8.20. The molecule has 0 saturated heterocycles. The Morgan fingerprint density at radius 1 is 0.714 bits per heavy atom. The fourth-order valence-corrected chi connectivity index (χ4v) is 7.88. The van der Waals surface area contributed by atoms with Crippen LogP contribution in [0, 0.1) is 23.0 Å². The van der Waals surface area contributed by atoms with Crippen molar-refractivity contribution in [3.05, 3.63) is 99.1 Å². The highest BCUT2D eigenvalue weighted by atomic mass is 32.2. The van der Waals surface area contributed by atoms with E-state index in [1.54, 1.807) is 0 Å². The molecule has 0 bridgehead atoms. The summed E-state index contributed by atoms with van der Waals surface area (Å²) in [5, 5.41) is 3.71. The maximum atomic E-state index is 3.71. The average molecular weight is 485 g/mol. The summed E-state index contributed by atoms with van der Waals surface area (Å²) in [5.41, 5.74) is 10.1. The molecule has 0 amide bonds. The number of rotatable bonds is 2. The van der Waals surface area contributed by atoms with Gasteiger partial charge in [0.05, 0.1) is 20.2 Å². The minimum absolute atomic E-state index is 0.203. The molecule has 2 heteroatoms. The summed E-state index contributed by atoms with van der Waals surface area (Å²) in [4.78, 5) is 2.72. The van der Waals surface area contributed by atoms with E-state index in [0.29, 0.717) is 0 Å². The van der Waals surface area contributed by atoms with Gasteiger partial charge in [0.15, 0.2) is 0 Å². The zero-order chi connectivity index (χ0) is 23.9. The van der Waals surface area contributed by atoms with Crippen LogP contribution < -0.4 is 9.06 Å². The van der Waals surface area contributed by atoms with Gasteiger partial charge in [-0.25, -0.2) is 0 Å². The van der Waals surface area contributed by atoms with Crippen LogP contribution in [-0.4, -0.2) is 4.86 Å². The first-order valence-electron chi connectivity index (χ1n) is 11.9. The Bertz CT molecular complexity index is 1790. The molecule has 1 atom stereocenters. The number of fused-ring (bicyclic) bond motifs is 7. The SMILES string of the molecule is CC#CC1=c2sc3c(c2-c2ccccc21)-c1ccccc1C=3C#CS(=C(C)CC)c1ccccc1. The van der Waals surface area contributed by atoms with Gasteiger partial charge >= 0.3 is 0 Å². The number of benzene rings is 3. The van der Waals surface area contributed by atoms with Crippen LogP contribution in [-0.2, 0) is 0 Å². The van der Waals surface area contributed by atoms with Crippen molar-refractivity contribution in [1.29, 1.82) is 0 Å². The molecule has 1 heterocycles. The average Bonchev–Trinajstić information content (AvgIpc) is 3.52. The first-order chi connectivity index (χ1) is 17.2. The van der Waals surface area contributed by atoms with Crippen molar-refractivity contribution >= 4 is 37.8 Å². The van der Waals surface area contributed by atoms with Crippen LogP contribution in [0.1, 0.15) is 38.3 Å². The number of hydrogen-bond acceptors (Lipinski definition) is 1. The Morgan fingerprint density at radius 2 is 1.23 bits per heavy atom. The van der Waals surface area contributed by atoms with Gasteiger partial charge in [0, 0.05) is 16.0 Å². The lowest BCUT2D eigenvalue weighted by Gasteiger charge is -2.07. The first-order valence-corrected chi connectivity index (χ1v) is 13.9. The molecule has 0 fully saturated rings. The maximum absolute atomic E-state index is 3.71. The van der Waals surface area contributed by atoms with Gasteiger partial charge in [0.2, 0.25) is 0 Å². The minimum atomic E-state index is -0.203. The van der Waals surface area contributed by atoms with E-state index in [4.69, 9.17) is 0 Å². The first kappa shape index (κ1) is 21.9. The third-order valence-corrected chi connectivity index (χ3v) is 9.91. The second-order valence-electron chi connectivity index (χ2n) is 8.63. The van der Waals surface area contributed by atoms with E-state index in [9.17, 15) is 0 Å². The fourth-order valence-electron chi connectivity index (χ4n) is 4.90. The highest BCUT2D eigenvalue weighted by Crippen LogP contribution is 2.43. The zero-order valence-corrected chi connectivity index (χ0v) is 21.7. The molecule has 6 rings (SSSR count). The molecule has 0 radical (unpaired) electrons. The molecular weight excluding hydrogens is 460 g/mol. The Labute approximate surface area is 213 Å². The minimum Gasteiger partial charge on any atom is -0.132 e. The van der Waals surface area contributed by atoms with Gasteiger partial charge in [0.1, 0.15) is 0 Å². The lowest BCUT2D eigenvalue weighted by Crippen LogP contribution is -1.99. The maximum Gasteiger partial charge on any atom is 0.0525 e. The van der Waals surface area contributed by atoms with Crippen LogP contribution in [0.25, 0.3) is 33.4 Å². The van der Waals surface area contributed by atoms with Crippen molar-refractivity contribution in [2.75, 3.05) is 0 Å². The largest absolute Gasteiger partial charge is 0.132 e. The van der Waals surface area contributed by atoms with Gasteiger partial charge < -0.3 is 0 Å². The molecule has 1 aromatic heterocycles. The predicted octanol–water partition coefficient (Wildman–Crippen LogP) is 7.02. The molecule has 35 heavy (non-hydrogen) atoms. The normalized spacial score (nSPS) is 13.5. The van der Waals surface area contributed by atoms with E-state index in [1.807, 2.05) is 18.3 Å². The van der Waals surface area contributed by atoms with E-state index in [2.05, 4.69) is 116 Å². The fraction of sp³-hybridized carbons (Fsp3) is 0.121. The van der Waals surface area contributed by atoms with Crippen LogP contribution in [0.5, 0.6) is 0 Å². The molecule has 2 aliphatic carbocycles. The second-order valence-corrected chi connectivity index (χ2v) is 11.6. The van der Waals surface area contributed by atoms with E-state index >= 15 is 0 Å². The van der Waals surface area contributed by atoms with Crippen LogP contribution >= 0.6 is 21.8 Å². The highest BCUT2D eigenvalue weighted by Gasteiger charge is 2.30. The summed E-state index contributed by atoms with van der Waals surface area (Å²) in [6, 6.07) is 28.2. The summed E-state index contributed by atoms with van der Waals surface area (Å²) >= 11 is 1.86. The van der Waals surface area contributed by atoms with E-state index in [-0.39, 0.29) is 10.5 Å². The summed E-state index contributed by atoms with van der Waals surface area (Å²) in [6.07, 6.45) is 1.03. The molecule has 0 aliphatic heterocycles. The third kappa shape index (κ3) is 3.45. The Morgan fingerprint density at radius 3 is 1.77 bits per heavy atom. The van der Waals surface area contributed by atoms with Crippen molar-refractivity contribution in [2.24, 2.45) is 0 Å². The summed E-state index contributed by atoms with van der Waals surface area (Å²) < 4.78 is 2.58. The molecular formula is C33H24S2. The molecule has 0 saturated carbocycles. The Balaban J connectivity index is 1.67. The monoisotopic (exact) mass is 484 g/mol. The van der Waals surface area contributed by atoms with Crippen LogP contribution in [0.15, 0.2) is 83.8 Å². The van der Waals surface area contributed by atoms with Gasteiger partial charge in [0.25, 0.3) is 0 Å². The number of thiophene rings is 1. The topological polar surface area (TPSA) is 0 Å². The van der Waals surface area contributed by atoms with Gasteiger partial charge in [-0.05, 0) is 64.8 Å². The van der Waals surface area contributed by atoms with Gasteiger partial charge in [-0.3, -0.25) is 0 Å². The van der Waals surface area contributed by atoms with Crippen molar-refractivity contribution in [3.8, 4) is 45.3 Å². The van der Waals surface area contributed by atoms with Crippen molar-refractivity contribution < 1.29 is 0 Å². The van der Waals surface area contributed by atoms with Crippen LogP contribution in [0.2, 0.25) is 0 Å². The lowest BCUT2D eigenvalue weighted by molar-refractivity contribution is 1.30. The molecule has 2 aliphatic rings. The third-order valence-electron chi connectivity index (χ3n) is 6.65. The van der Waals surface area contributed by atoms with E-state index in [1.165, 1.54) is 52.2 Å². The molecule has 3 aromatic carbocycles. The van der Waals surface area contributed by atoms with Crippen LogP contribution in [0.3, 0.4) is 0 Å². The van der Waals surface area contributed by atoms with Crippen molar-refractivity contribution in [2.45, 2.75) is 32.1 Å². The van der Waals surface area contributed by atoms with E-state index in [0.717, 1.165) is 17.6 Å². The van der Waals surface area contributed by atoms with E-state index < -0.39 is 0 Å². The smallest absolute Gasteiger partial charge is 0.0525 e. The molecule has 0 N–H and O–H groups in total. The summed E-state index contributed by atoms with van der Waals surface area (Å²) in [6.45, 7) is 6.39. The van der Waals surface area contributed by atoms with Crippen molar-refractivity contribution in [1.82, 2.24) is 0 Å². The Kier molecular flexibility index (Phi) is 5.58. The molecule has 1 unspecified atom stereocenters. The number of hydrogen-bond donors (Lipinski definition) is 0. The lowest BCUT2D eigenvalue weighted by atomic mass is 9.97. The molecule has 168 valence electrons. The Hall–Kier alpha value is -3.56. The molecule has 4 aromatic rings. The quantitative estimate of drug-likeness (QED) is 0.212. The second kappa shape index (κ2) is 8.90. The molecule has 0 nitrogen and oxygen atoms in total. The molecule has 0 spiro atoms. The predicted molar refractivity (Wildman–Crippen MR) is 154 cm³/mol. The van der Waals surface area contributed by atoms with Gasteiger partial charge in [-0.1, -0.05) is 96.0 Å². The van der Waals surface area contributed by atoms with Crippen molar-refractivity contribution in [3.63, 3.8) is 0 Å². The van der Waals surface area contributed by atoms with Crippen LogP contribution in [0.4, 0.5) is 0 Å². The standard InChI is InChI=1S/C33H24S2/c1-4-13-28-24-16-9-11-18-26(24)30-31-27-19-12-10-17-25(27)29(33(31)34-32(28)30)20-21-35(22(3)5-2)23-14-7-6-8-15-23/h6-12,14-19H,5H2,1-3H3. The summed E-state index contributed by atoms with van der Waals surface area (Å²) in [7, 11) is -0.203.